The SMILES string of the molecule is CC(=O)Oc1ccc(C(=O)SCC2=C(C(=O)OC(C)(C)C)N3C(=O)[C@H](N)[C@@H]3SC2)cc1OC(C)=O. The Hall–Kier alpha value is -2.83. The van der Waals surface area contributed by atoms with Gasteiger partial charge in [0, 0.05) is 30.9 Å². The lowest BCUT2D eigenvalue weighted by Gasteiger charge is -2.48. The Morgan fingerprint density at radius 3 is 2.34 bits per heavy atom. The van der Waals surface area contributed by atoms with E-state index in [-0.39, 0.29) is 44.9 Å². The number of benzene rings is 1. The van der Waals surface area contributed by atoms with E-state index in [0.717, 1.165) is 11.8 Å². The first kappa shape index (κ1) is 26.8. The number of fused-ring (bicyclic) bond motifs is 1. The molecule has 12 heteroatoms. The molecular weight excluding hydrogens is 496 g/mol. The highest BCUT2D eigenvalue weighted by atomic mass is 32.2. The Kier molecular flexibility index (Phi) is 7.97. The molecule has 35 heavy (non-hydrogen) atoms. The predicted octanol–water partition coefficient (Wildman–Crippen LogP) is 2.25. The summed E-state index contributed by atoms with van der Waals surface area (Å²) in [5, 5.41) is -0.725. The van der Waals surface area contributed by atoms with Gasteiger partial charge in [0.25, 0.3) is 0 Å². The largest absolute Gasteiger partial charge is 0.455 e. The molecule has 0 saturated carbocycles. The Morgan fingerprint density at radius 2 is 1.74 bits per heavy atom. The maximum absolute atomic E-state index is 12.9. The second-order valence-corrected chi connectivity index (χ2v) is 10.9. The molecule has 0 aromatic heterocycles. The molecule has 1 aromatic rings. The molecular formula is C23H26N2O8S2. The normalized spacial score (nSPS) is 19.5. The smallest absolute Gasteiger partial charge is 0.355 e. The lowest BCUT2D eigenvalue weighted by Crippen LogP contribution is -2.68. The van der Waals surface area contributed by atoms with Crippen molar-refractivity contribution < 1.29 is 38.2 Å². The van der Waals surface area contributed by atoms with E-state index in [9.17, 15) is 24.0 Å². The summed E-state index contributed by atoms with van der Waals surface area (Å²) in [4.78, 5) is 62.3. The Bertz CT molecular complexity index is 1130. The third kappa shape index (κ3) is 6.24. The standard InChI is InChI=1S/C23H26N2O8S2/c1-11(26)31-15-7-6-13(8-16(15)32-12(2)27)22(30)35-10-14-9-34-20-17(24)19(28)25(20)18(14)21(29)33-23(3,4)5/h6-8,17,20H,9-10,24H2,1-5H3/t17-,20-/m0/s1. The number of rotatable bonds is 6. The third-order valence-corrected chi connectivity index (χ3v) is 7.10. The number of thioether (sulfide) groups is 2. The van der Waals surface area contributed by atoms with Crippen LogP contribution < -0.4 is 15.2 Å². The molecule has 1 fully saturated rings. The van der Waals surface area contributed by atoms with Crippen molar-refractivity contribution >= 4 is 52.5 Å². The van der Waals surface area contributed by atoms with Gasteiger partial charge in [0.05, 0.1) is 0 Å². The van der Waals surface area contributed by atoms with Gasteiger partial charge in [-0.3, -0.25) is 24.1 Å². The van der Waals surface area contributed by atoms with Crippen LogP contribution in [0.1, 0.15) is 45.0 Å². The number of carbonyl (C=O) groups is 5. The zero-order valence-electron chi connectivity index (χ0n) is 19.9. The molecule has 3 rings (SSSR count). The van der Waals surface area contributed by atoms with Gasteiger partial charge in [-0.2, -0.15) is 0 Å². The lowest BCUT2D eigenvalue weighted by molar-refractivity contribution is -0.158. The van der Waals surface area contributed by atoms with E-state index in [1.807, 2.05) is 0 Å². The molecule has 10 nitrogen and oxygen atoms in total. The van der Waals surface area contributed by atoms with Crippen molar-refractivity contribution in [3.05, 3.63) is 35.0 Å². The van der Waals surface area contributed by atoms with Crippen LogP contribution in [0.5, 0.6) is 11.5 Å². The number of nitrogens with two attached hydrogens (primary N) is 1. The van der Waals surface area contributed by atoms with Gasteiger partial charge >= 0.3 is 17.9 Å². The molecule has 1 saturated heterocycles. The molecule has 1 aromatic carbocycles. The maximum atomic E-state index is 12.9. The molecule has 0 unspecified atom stereocenters. The number of ether oxygens (including phenoxy) is 3. The van der Waals surface area contributed by atoms with E-state index in [1.54, 1.807) is 20.8 Å². The van der Waals surface area contributed by atoms with Crippen LogP contribution in [-0.2, 0) is 23.9 Å². The number of esters is 3. The first-order valence-corrected chi connectivity index (χ1v) is 12.7. The van der Waals surface area contributed by atoms with E-state index in [2.05, 4.69) is 0 Å². The van der Waals surface area contributed by atoms with Gasteiger partial charge in [-0.15, -0.1) is 11.8 Å². The van der Waals surface area contributed by atoms with Gasteiger partial charge in [-0.05, 0) is 44.5 Å². The molecule has 2 aliphatic heterocycles. The Labute approximate surface area is 210 Å². The van der Waals surface area contributed by atoms with Gasteiger partial charge in [0.2, 0.25) is 11.0 Å². The van der Waals surface area contributed by atoms with Gasteiger partial charge in [0.15, 0.2) is 11.5 Å². The summed E-state index contributed by atoms with van der Waals surface area (Å²) in [6.07, 6.45) is 0. The van der Waals surface area contributed by atoms with Crippen LogP contribution in [0, 0.1) is 0 Å². The summed E-state index contributed by atoms with van der Waals surface area (Å²) in [5.74, 6) is -1.80. The van der Waals surface area contributed by atoms with Gasteiger partial charge < -0.3 is 19.9 Å². The number of hydrogen-bond acceptors (Lipinski definition) is 11. The average molecular weight is 523 g/mol. The number of β-lactam (4-membered cyclic amide) rings is 1. The molecule has 2 aliphatic rings. The van der Waals surface area contributed by atoms with Crippen molar-refractivity contribution in [1.82, 2.24) is 4.90 Å². The van der Waals surface area contributed by atoms with Crippen molar-refractivity contribution in [3.8, 4) is 11.5 Å². The van der Waals surface area contributed by atoms with Crippen LogP contribution in [0.4, 0.5) is 0 Å². The van der Waals surface area contributed by atoms with Crippen LogP contribution in [0.2, 0.25) is 0 Å². The van der Waals surface area contributed by atoms with Crippen molar-refractivity contribution in [2.75, 3.05) is 11.5 Å². The van der Waals surface area contributed by atoms with Crippen molar-refractivity contribution in [1.29, 1.82) is 0 Å². The number of hydrogen-bond donors (Lipinski definition) is 1. The average Bonchev–Trinajstić information content (AvgIpc) is 2.75. The van der Waals surface area contributed by atoms with Crippen LogP contribution >= 0.6 is 23.5 Å². The highest BCUT2D eigenvalue weighted by Crippen LogP contribution is 2.41. The first-order valence-electron chi connectivity index (χ1n) is 10.6. The molecule has 0 spiro atoms. The predicted molar refractivity (Wildman–Crippen MR) is 130 cm³/mol. The summed E-state index contributed by atoms with van der Waals surface area (Å²) in [6.45, 7) is 7.56. The van der Waals surface area contributed by atoms with E-state index < -0.39 is 29.6 Å². The third-order valence-electron chi connectivity index (χ3n) is 4.74. The molecule has 2 atom stereocenters. The van der Waals surface area contributed by atoms with Crippen molar-refractivity contribution in [3.63, 3.8) is 0 Å². The quantitative estimate of drug-likeness (QED) is 0.334. The summed E-state index contributed by atoms with van der Waals surface area (Å²) in [5.41, 5.74) is 6.02. The van der Waals surface area contributed by atoms with Gasteiger partial charge in [-0.1, -0.05) is 11.8 Å². The zero-order valence-corrected chi connectivity index (χ0v) is 21.5. The minimum absolute atomic E-state index is 0.00604. The number of amides is 1. The molecule has 0 radical (unpaired) electrons. The van der Waals surface area contributed by atoms with Crippen LogP contribution in [0.3, 0.4) is 0 Å². The van der Waals surface area contributed by atoms with Crippen LogP contribution in [0.25, 0.3) is 0 Å². The fourth-order valence-electron chi connectivity index (χ4n) is 3.35. The summed E-state index contributed by atoms with van der Waals surface area (Å²) in [6, 6.07) is 3.42. The fraction of sp³-hybridized carbons (Fsp3) is 0.435. The zero-order chi connectivity index (χ0) is 26.1. The molecule has 188 valence electrons. The highest BCUT2D eigenvalue weighted by molar-refractivity contribution is 8.14. The van der Waals surface area contributed by atoms with Crippen LogP contribution in [0.15, 0.2) is 29.5 Å². The van der Waals surface area contributed by atoms with Crippen molar-refractivity contribution in [2.24, 2.45) is 5.73 Å². The Morgan fingerprint density at radius 1 is 1.11 bits per heavy atom. The van der Waals surface area contributed by atoms with Gasteiger partial charge in [-0.25, -0.2) is 4.79 Å². The second-order valence-electron chi connectivity index (χ2n) is 8.81. The van der Waals surface area contributed by atoms with E-state index >= 15 is 0 Å². The molecule has 1 amide bonds. The van der Waals surface area contributed by atoms with Gasteiger partial charge in [0.1, 0.15) is 22.7 Å². The van der Waals surface area contributed by atoms with E-state index in [4.69, 9.17) is 19.9 Å². The number of nitrogens with zero attached hydrogens (tertiary/aromatic N) is 1. The molecule has 2 N–H and O–H groups in total. The van der Waals surface area contributed by atoms with Crippen molar-refractivity contribution in [2.45, 2.75) is 51.6 Å². The maximum Gasteiger partial charge on any atom is 0.355 e. The minimum atomic E-state index is -0.773. The van der Waals surface area contributed by atoms with Crippen LogP contribution in [-0.4, -0.2) is 62.4 Å². The monoisotopic (exact) mass is 522 g/mol. The minimum Gasteiger partial charge on any atom is -0.455 e. The summed E-state index contributed by atoms with van der Waals surface area (Å²) < 4.78 is 15.6. The Balaban J connectivity index is 1.83. The van der Waals surface area contributed by atoms with E-state index in [0.29, 0.717) is 11.3 Å². The van der Waals surface area contributed by atoms with E-state index in [1.165, 1.54) is 48.7 Å². The molecule has 2 heterocycles. The summed E-state index contributed by atoms with van der Waals surface area (Å²) in [7, 11) is 0. The summed E-state index contributed by atoms with van der Waals surface area (Å²) >= 11 is 2.34. The highest BCUT2D eigenvalue weighted by Gasteiger charge is 2.52. The molecule has 0 aliphatic carbocycles. The lowest BCUT2D eigenvalue weighted by atomic mass is 10.0. The number of carbonyl (C=O) groups excluding carboxylic acids is 5. The fourth-order valence-corrected chi connectivity index (χ4v) is 5.61. The topological polar surface area (TPSA) is 142 Å². The molecule has 0 bridgehead atoms. The first-order chi connectivity index (χ1) is 16.3. The second kappa shape index (κ2) is 10.4.